The molecule has 0 saturated carbocycles. The van der Waals surface area contributed by atoms with Crippen LogP contribution in [0.1, 0.15) is 12.0 Å². The third-order valence-corrected chi connectivity index (χ3v) is 3.49. The summed E-state index contributed by atoms with van der Waals surface area (Å²) in [5.41, 5.74) is 6.55. The summed E-state index contributed by atoms with van der Waals surface area (Å²) in [4.78, 5) is 0. The second-order valence-electron chi connectivity index (χ2n) is 4.46. The Morgan fingerprint density at radius 1 is 1.39 bits per heavy atom. The monoisotopic (exact) mass is 289 g/mol. The Morgan fingerprint density at radius 2 is 2.22 bits per heavy atom. The quantitative estimate of drug-likeness (QED) is 0.906. The molecular formula is C13H17Cl2NO2. The van der Waals surface area contributed by atoms with Gasteiger partial charge in [-0.3, -0.25) is 0 Å². The molecule has 1 heterocycles. The molecule has 1 atom stereocenters. The van der Waals surface area contributed by atoms with Crippen molar-refractivity contribution in [2.45, 2.75) is 12.8 Å². The summed E-state index contributed by atoms with van der Waals surface area (Å²) in [6.07, 6.45) is 1.74. The lowest BCUT2D eigenvalue weighted by Gasteiger charge is -2.15. The minimum atomic E-state index is 0.447. The standard InChI is InChI=1S/C13H17Cl2NO2/c14-11-5-10(1-3-16)13(12(15)6-11)18-8-9-2-4-17-7-9/h5-6,9H,1-4,7-8,16H2. The third kappa shape index (κ3) is 3.51. The van der Waals surface area contributed by atoms with Crippen LogP contribution in [0.3, 0.4) is 0 Å². The van der Waals surface area contributed by atoms with E-state index in [0.29, 0.717) is 41.3 Å². The fourth-order valence-corrected chi connectivity index (χ4v) is 2.62. The van der Waals surface area contributed by atoms with E-state index in [1.807, 2.05) is 6.07 Å². The van der Waals surface area contributed by atoms with Crippen LogP contribution in [-0.4, -0.2) is 26.4 Å². The van der Waals surface area contributed by atoms with E-state index in [9.17, 15) is 0 Å². The molecule has 100 valence electrons. The Hall–Kier alpha value is -0.480. The summed E-state index contributed by atoms with van der Waals surface area (Å²) in [7, 11) is 0. The first kappa shape index (κ1) is 13.9. The highest BCUT2D eigenvalue weighted by Gasteiger charge is 2.18. The molecule has 1 aliphatic rings. The second-order valence-corrected chi connectivity index (χ2v) is 5.30. The number of hydrogen-bond acceptors (Lipinski definition) is 3. The van der Waals surface area contributed by atoms with Gasteiger partial charge >= 0.3 is 0 Å². The van der Waals surface area contributed by atoms with Gasteiger partial charge in [-0.05, 0) is 37.1 Å². The van der Waals surface area contributed by atoms with E-state index in [1.165, 1.54) is 0 Å². The molecule has 2 N–H and O–H groups in total. The van der Waals surface area contributed by atoms with Crippen molar-refractivity contribution in [3.8, 4) is 5.75 Å². The lowest BCUT2D eigenvalue weighted by molar-refractivity contribution is 0.167. The second kappa shape index (κ2) is 6.62. The first-order chi connectivity index (χ1) is 8.70. The van der Waals surface area contributed by atoms with Crippen LogP contribution in [0.4, 0.5) is 0 Å². The minimum Gasteiger partial charge on any atom is -0.491 e. The fraction of sp³-hybridized carbons (Fsp3) is 0.538. The first-order valence-corrected chi connectivity index (χ1v) is 6.85. The fourth-order valence-electron chi connectivity index (χ4n) is 2.03. The van der Waals surface area contributed by atoms with E-state index in [2.05, 4.69) is 0 Å². The smallest absolute Gasteiger partial charge is 0.141 e. The predicted molar refractivity (Wildman–Crippen MR) is 73.6 cm³/mol. The summed E-state index contributed by atoms with van der Waals surface area (Å²) >= 11 is 12.2. The summed E-state index contributed by atoms with van der Waals surface area (Å²) in [5, 5.41) is 1.16. The van der Waals surface area contributed by atoms with Crippen LogP contribution in [0.2, 0.25) is 10.0 Å². The Bertz CT molecular complexity index is 406. The highest BCUT2D eigenvalue weighted by atomic mass is 35.5. The lowest BCUT2D eigenvalue weighted by atomic mass is 10.1. The van der Waals surface area contributed by atoms with Gasteiger partial charge in [0.05, 0.1) is 18.2 Å². The number of halogens is 2. The maximum atomic E-state index is 6.17. The van der Waals surface area contributed by atoms with Crippen molar-refractivity contribution < 1.29 is 9.47 Å². The molecular weight excluding hydrogens is 273 g/mol. The molecule has 5 heteroatoms. The third-order valence-electron chi connectivity index (χ3n) is 2.99. The van der Waals surface area contributed by atoms with Crippen LogP contribution in [-0.2, 0) is 11.2 Å². The Labute approximate surface area is 117 Å². The molecule has 1 aliphatic heterocycles. The maximum Gasteiger partial charge on any atom is 0.141 e. The van der Waals surface area contributed by atoms with Gasteiger partial charge in [0.25, 0.3) is 0 Å². The van der Waals surface area contributed by atoms with Crippen LogP contribution in [0.5, 0.6) is 5.75 Å². The van der Waals surface area contributed by atoms with Gasteiger partial charge in [-0.1, -0.05) is 23.2 Å². The van der Waals surface area contributed by atoms with Gasteiger partial charge in [0.2, 0.25) is 0 Å². The molecule has 1 aromatic rings. The van der Waals surface area contributed by atoms with Gasteiger partial charge in [0.15, 0.2) is 0 Å². The predicted octanol–water partition coefficient (Wildman–Crippen LogP) is 2.91. The van der Waals surface area contributed by atoms with Crippen molar-refractivity contribution in [2.24, 2.45) is 11.7 Å². The van der Waals surface area contributed by atoms with Crippen LogP contribution < -0.4 is 10.5 Å². The SMILES string of the molecule is NCCc1cc(Cl)cc(Cl)c1OCC1CCOC1. The van der Waals surface area contributed by atoms with Crippen molar-refractivity contribution in [1.29, 1.82) is 0 Å². The van der Waals surface area contributed by atoms with E-state index in [-0.39, 0.29) is 0 Å². The zero-order valence-electron chi connectivity index (χ0n) is 10.1. The Balaban J connectivity index is 2.09. The molecule has 2 rings (SSSR count). The van der Waals surface area contributed by atoms with Gasteiger partial charge in [-0.2, -0.15) is 0 Å². The minimum absolute atomic E-state index is 0.447. The topological polar surface area (TPSA) is 44.5 Å². The van der Waals surface area contributed by atoms with Crippen LogP contribution in [0.25, 0.3) is 0 Å². The van der Waals surface area contributed by atoms with Gasteiger partial charge in [0, 0.05) is 17.5 Å². The van der Waals surface area contributed by atoms with Crippen molar-refractivity contribution in [1.82, 2.24) is 0 Å². The van der Waals surface area contributed by atoms with Crippen LogP contribution in [0, 0.1) is 5.92 Å². The van der Waals surface area contributed by atoms with E-state index >= 15 is 0 Å². The van der Waals surface area contributed by atoms with Gasteiger partial charge in [-0.15, -0.1) is 0 Å². The van der Waals surface area contributed by atoms with Crippen molar-refractivity contribution in [3.63, 3.8) is 0 Å². The van der Waals surface area contributed by atoms with E-state index in [4.69, 9.17) is 38.4 Å². The molecule has 1 saturated heterocycles. The Kier molecular flexibility index (Phi) is 5.13. The zero-order chi connectivity index (χ0) is 13.0. The average molecular weight is 290 g/mol. The molecule has 0 bridgehead atoms. The highest BCUT2D eigenvalue weighted by molar-refractivity contribution is 6.35. The number of ether oxygens (including phenoxy) is 2. The van der Waals surface area contributed by atoms with E-state index in [1.54, 1.807) is 6.07 Å². The molecule has 0 radical (unpaired) electrons. The van der Waals surface area contributed by atoms with Crippen LogP contribution >= 0.6 is 23.2 Å². The van der Waals surface area contributed by atoms with E-state index in [0.717, 1.165) is 25.2 Å². The van der Waals surface area contributed by atoms with Gasteiger partial charge < -0.3 is 15.2 Å². The molecule has 1 fully saturated rings. The molecule has 0 aromatic heterocycles. The molecule has 0 amide bonds. The number of rotatable bonds is 5. The summed E-state index contributed by atoms with van der Waals surface area (Å²) in [5.74, 6) is 1.15. The van der Waals surface area contributed by atoms with Gasteiger partial charge in [-0.25, -0.2) is 0 Å². The normalized spacial score (nSPS) is 19.2. The number of benzene rings is 1. The van der Waals surface area contributed by atoms with Crippen molar-refractivity contribution >= 4 is 23.2 Å². The number of hydrogen-bond donors (Lipinski definition) is 1. The zero-order valence-corrected chi connectivity index (χ0v) is 11.6. The summed E-state index contributed by atoms with van der Waals surface area (Å²) < 4.78 is 11.2. The highest BCUT2D eigenvalue weighted by Crippen LogP contribution is 2.33. The van der Waals surface area contributed by atoms with Gasteiger partial charge in [0.1, 0.15) is 5.75 Å². The number of nitrogens with two attached hydrogens (primary N) is 1. The largest absolute Gasteiger partial charge is 0.491 e. The van der Waals surface area contributed by atoms with Crippen LogP contribution in [0.15, 0.2) is 12.1 Å². The molecule has 18 heavy (non-hydrogen) atoms. The molecule has 1 unspecified atom stereocenters. The summed E-state index contributed by atoms with van der Waals surface area (Å²) in [6.45, 7) is 2.74. The molecule has 3 nitrogen and oxygen atoms in total. The lowest BCUT2D eigenvalue weighted by Crippen LogP contribution is -2.13. The first-order valence-electron chi connectivity index (χ1n) is 6.09. The Morgan fingerprint density at radius 3 is 2.89 bits per heavy atom. The van der Waals surface area contributed by atoms with E-state index < -0.39 is 0 Å². The maximum absolute atomic E-state index is 6.17. The van der Waals surface area contributed by atoms with Crippen molar-refractivity contribution in [3.05, 3.63) is 27.7 Å². The summed E-state index contributed by atoms with van der Waals surface area (Å²) in [6, 6.07) is 3.56. The molecule has 0 aliphatic carbocycles. The average Bonchev–Trinajstić information content (AvgIpc) is 2.81. The molecule has 1 aromatic carbocycles. The van der Waals surface area contributed by atoms with Crippen molar-refractivity contribution in [2.75, 3.05) is 26.4 Å². The molecule has 0 spiro atoms.